The Kier molecular flexibility index (Phi) is 3.49. The highest BCUT2D eigenvalue weighted by atomic mass is 35.5. The van der Waals surface area contributed by atoms with Crippen LogP contribution in [0.5, 0.6) is 0 Å². The highest BCUT2D eigenvalue weighted by molar-refractivity contribution is 6.17. The summed E-state index contributed by atoms with van der Waals surface area (Å²) in [5.74, 6) is 0.913. The van der Waals surface area contributed by atoms with E-state index >= 15 is 0 Å². The summed E-state index contributed by atoms with van der Waals surface area (Å²) in [7, 11) is 1.85. The third kappa shape index (κ3) is 2.22. The van der Waals surface area contributed by atoms with Gasteiger partial charge in [0.2, 0.25) is 5.91 Å². The summed E-state index contributed by atoms with van der Waals surface area (Å²) in [5, 5.41) is 0. The molecule has 3 heteroatoms. The molecule has 0 fully saturated rings. The van der Waals surface area contributed by atoms with Crippen LogP contribution in [0.25, 0.3) is 0 Å². The molecule has 0 saturated heterocycles. The van der Waals surface area contributed by atoms with Gasteiger partial charge in [-0.2, -0.15) is 0 Å². The molecule has 0 bridgehead atoms. The van der Waals surface area contributed by atoms with Crippen LogP contribution in [0, 0.1) is 0 Å². The maximum absolute atomic E-state index is 11.5. The largest absolute Gasteiger partial charge is 0.315 e. The zero-order chi connectivity index (χ0) is 11.5. The van der Waals surface area contributed by atoms with E-state index in [0.717, 1.165) is 24.9 Å². The van der Waals surface area contributed by atoms with E-state index < -0.39 is 0 Å². The summed E-state index contributed by atoms with van der Waals surface area (Å²) in [4.78, 5) is 13.3. The molecule has 0 aliphatic carbocycles. The molecule has 16 heavy (non-hydrogen) atoms. The van der Waals surface area contributed by atoms with E-state index in [1.165, 1.54) is 11.1 Å². The maximum Gasteiger partial charge on any atom is 0.227 e. The number of alkyl halides is 1. The number of fused-ring (bicyclic) bond motifs is 1. The summed E-state index contributed by atoms with van der Waals surface area (Å²) < 4.78 is 0. The number of carbonyl (C=O) groups is 1. The molecular formula is C13H16ClNO. The first-order valence-electron chi connectivity index (χ1n) is 5.66. The minimum atomic E-state index is 0.209. The lowest BCUT2D eigenvalue weighted by Crippen LogP contribution is -2.31. The van der Waals surface area contributed by atoms with Crippen molar-refractivity contribution in [2.24, 2.45) is 0 Å². The molecule has 2 rings (SSSR count). The molecule has 0 saturated carbocycles. The number of aryl methyl sites for hydroxylation is 2. The van der Waals surface area contributed by atoms with E-state index in [1.807, 2.05) is 7.05 Å². The van der Waals surface area contributed by atoms with Gasteiger partial charge in [0.1, 0.15) is 0 Å². The van der Waals surface area contributed by atoms with Crippen molar-refractivity contribution in [1.82, 2.24) is 0 Å². The van der Waals surface area contributed by atoms with Gasteiger partial charge in [-0.1, -0.05) is 12.1 Å². The van der Waals surface area contributed by atoms with Gasteiger partial charge in [-0.15, -0.1) is 11.6 Å². The van der Waals surface area contributed by atoms with Gasteiger partial charge in [-0.25, -0.2) is 0 Å². The van der Waals surface area contributed by atoms with Crippen LogP contribution in [-0.2, 0) is 17.6 Å². The number of nitrogens with zero attached hydrogens (tertiary/aromatic N) is 1. The van der Waals surface area contributed by atoms with Crippen LogP contribution in [0.2, 0.25) is 0 Å². The summed E-state index contributed by atoms with van der Waals surface area (Å²) in [6.45, 7) is 0. The van der Waals surface area contributed by atoms with Crippen LogP contribution in [0.4, 0.5) is 5.69 Å². The first kappa shape index (κ1) is 11.5. The number of hydrogen-bond donors (Lipinski definition) is 0. The SMILES string of the molecule is CN1C(=O)CCc2cc(CCCCl)ccc21. The predicted molar refractivity (Wildman–Crippen MR) is 67.2 cm³/mol. The van der Waals surface area contributed by atoms with Gasteiger partial charge >= 0.3 is 0 Å². The number of amides is 1. The van der Waals surface area contributed by atoms with Crippen molar-refractivity contribution < 1.29 is 4.79 Å². The van der Waals surface area contributed by atoms with E-state index in [9.17, 15) is 4.79 Å². The zero-order valence-electron chi connectivity index (χ0n) is 9.50. The van der Waals surface area contributed by atoms with Crippen molar-refractivity contribution in [3.8, 4) is 0 Å². The lowest BCUT2D eigenvalue weighted by Gasteiger charge is -2.26. The molecule has 0 N–H and O–H groups in total. The minimum Gasteiger partial charge on any atom is -0.315 e. The second kappa shape index (κ2) is 4.88. The molecule has 0 atom stereocenters. The normalized spacial score (nSPS) is 15.1. The summed E-state index contributed by atoms with van der Waals surface area (Å²) in [6, 6.07) is 6.36. The molecule has 1 amide bonds. The molecule has 0 unspecified atom stereocenters. The van der Waals surface area contributed by atoms with Crippen molar-refractivity contribution in [3.63, 3.8) is 0 Å². The second-order valence-corrected chi connectivity index (χ2v) is 4.59. The summed E-state index contributed by atoms with van der Waals surface area (Å²) in [6.07, 6.45) is 3.53. The fraction of sp³-hybridized carbons (Fsp3) is 0.462. The highest BCUT2D eigenvalue weighted by Gasteiger charge is 2.20. The zero-order valence-corrected chi connectivity index (χ0v) is 10.3. The molecule has 1 heterocycles. The van der Waals surface area contributed by atoms with Crippen LogP contribution >= 0.6 is 11.6 Å². The fourth-order valence-corrected chi connectivity index (χ4v) is 2.27. The average Bonchev–Trinajstić information content (AvgIpc) is 2.31. The van der Waals surface area contributed by atoms with E-state index in [4.69, 9.17) is 11.6 Å². The Morgan fingerprint density at radius 3 is 2.94 bits per heavy atom. The lowest BCUT2D eigenvalue weighted by atomic mass is 9.98. The maximum atomic E-state index is 11.5. The van der Waals surface area contributed by atoms with E-state index in [0.29, 0.717) is 12.3 Å². The fourth-order valence-electron chi connectivity index (χ4n) is 2.14. The van der Waals surface area contributed by atoms with Crippen LogP contribution in [0.1, 0.15) is 24.0 Å². The molecule has 1 aliphatic rings. The topological polar surface area (TPSA) is 20.3 Å². The average molecular weight is 238 g/mol. The van der Waals surface area contributed by atoms with Crippen LogP contribution in [0.15, 0.2) is 18.2 Å². The van der Waals surface area contributed by atoms with Gasteiger partial charge in [-0.05, 0) is 36.5 Å². The van der Waals surface area contributed by atoms with Gasteiger partial charge in [-0.3, -0.25) is 4.79 Å². The number of halogens is 1. The number of benzene rings is 1. The molecule has 1 aliphatic heterocycles. The monoisotopic (exact) mass is 237 g/mol. The molecule has 0 spiro atoms. The van der Waals surface area contributed by atoms with Crippen molar-refractivity contribution in [2.75, 3.05) is 17.8 Å². The minimum absolute atomic E-state index is 0.209. The first-order chi connectivity index (χ1) is 7.72. The van der Waals surface area contributed by atoms with Crippen LogP contribution in [0.3, 0.4) is 0 Å². The Hall–Kier alpha value is -1.02. The van der Waals surface area contributed by atoms with E-state index in [2.05, 4.69) is 18.2 Å². The quantitative estimate of drug-likeness (QED) is 0.741. The van der Waals surface area contributed by atoms with Gasteiger partial charge in [0, 0.05) is 25.0 Å². The molecule has 2 nitrogen and oxygen atoms in total. The second-order valence-electron chi connectivity index (χ2n) is 4.21. The number of rotatable bonds is 3. The Morgan fingerprint density at radius 2 is 2.19 bits per heavy atom. The van der Waals surface area contributed by atoms with Gasteiger partial charge in [0.25, 0.3) is 0 Å². The first-order valence-corrected chi connectivity index (χ1v) is 6.20. The van der Waals surface area contributed by atoms with Crippen LogP contribution in [-0.4, -0.2) is 18.8 Å². The van der Waals surface area contributed by atoms with Crippen LogP contribution < -0.4 is 4.90 Å². The molecule has 1 aromatic rings. The summed E-state index contributed by atoms with van der Waals surface area (Å²) in [5.41, 5.74) is 3.67. The van der Waals surface area contributed by atoms with Gasteiger partial charge < -0.3 is 4.90 Å². The van der Waals surface area contributed by atoms with Crippen molar-refractivity contribution in [1.29, 1.82) is 0 Å². The Labute approximate surface area is 101 Å². The molecule has 0 radical (unpaired) electrons. The van der Waals surface area contributed by atoms with Crippen molar-refractivity contribution in [2.45, 2.75) is 25.7 Å². The lowest BCUT2D eigenvalue weighted by molar-refractivity contribution is -0.118. The Morgan fingerprint density at radius 1 is 1.38 bits per heavy atom. The molecule has 0 aromatic heterocycles. The van der Waals surface area contributed by atoms with Gasteiger partial charge in [0.05, 0.1) is 0 Å². The number of hydrogen-bond acceptors (Lipinski definition) is 1. The van der Waals surface area contributed by atoms with E-state index in [-0.39, 0.29) is 5.91 Å². The smallest absolute Gasteiger partial charge is 0.227 e. The Balaban J connectivity index is 2.23. The third-order valence-electron chi connectivity index (χ3n) is 3.09. The molecule has 1 aromatic carbocycles. The van der Waals surface area contributed by atoms with Gasteiger partial charge in [0.15, 0.2) is 0 Å². The molecular weight excluding hydrogens is 222 g/mol. The van der Waals surface area contributed by atoms with E-state index in [1.54, 1.807) is 4.90 Å². The highest BCUT2D eigenvalue weighted by Crippen LogP contribution is 2.27. The summed E-state index contributed by atoms with van der Waals surface area (Å²) >= 11 is 5.68. The Bertz CT molecular complexity index is 403. The third-order valence-corrected chi connectivity index (χ3v) is 3.35. The number of anilines is 1. The molecule has 86 valence electrons. The van der Waals surface area contributed by atoms with Crippen molar-refractivity contribution in [3.05, 3.63) is 29.3 Å². The number of carbonyl (C=O) groups excluding carboxylic acids is 1. The standard InChI is InChI=1S/C13H16ClNO/c1-15-12-6-4-10(3-2-8-14)9-11(12)5-7-13(15)16/h4,6,9H,2-3,5,7-8H2,1H3. The van der Waals surface area contributed by atoms with Crippen molar-refractivity contribution >= 4 is 23.2 Å². The predicted octanol–water partition coefficient (Wildman–Crippen LogP) is 2.77.